The van der Waals surface area contributed by atoms with Crippen molar-refractivity contribution in [3.8, 4) is 0 Å². The van der Waals surface area contributed by atoms with Gasteiger partial charge >= 0.3 is 0 Å². The van der Waals surface area contributed by atoms with E-state index in [9.17, 15) is 19.2 Å². The van der Waals surface area contributed by atoms with Crippen molar-refractivity contribution in [1.82, 2.24) is 0 Å². The van der Waals surface area contributed by atoms with E-state index in [2.05, 4.69) is 0 Å². The lowest BCUT2D eigenvalue weighted by molar-refractivity contribution is -0.135. The summed E-state index contributed by atoms with van der Waals surface area (Å²) in [6.07, 6.45) is 4.99. The predicted molar refractivity (Wildman–Crippen MR) is 91.4 cm³/mol. The molecule has 0 heterocycles. The van der Waals surface area contributed by atoms with Gasteiger partial charge in [0.2, 0.25) is 0 Å². The minimum absolute atomic E-state index is 0.112. The quantitative estimate of drug-likeness (QED) is 0.772. The second-order valence-corrected chi connectivity index (χ2v) is 8.01. The molecule has 0 aliphatic heterocycles. The standard InChI is InChI=1S/C20H30O4/c1-11(21)17-7-5-15(9-19(17)13(3)23)16-6-8-18(12(2)22)20(10-16)14(4)24/h15-20H,5-10H2,1-4H3. The first-order valence-electron chi connectivity index (χ1n) is 9.24. The number of hydrogen-bond donors (Lipinski definition) is 0. The van der Waals surface area contributed by atoms with Crippen molar-refractivity contribution in [2.45, 2.75) is 66.2 Å². The molecule has 0 aromatic heterocycles. The molecule has 6 unspecified atom stereocenters. The van der Waals surface area contributed by atoms with E-state index in [0.29, 0.717) is 11.8 Å². The van der Waals surface area contributed by atoms with Crippen LogP contribution in [0.25, 0.3) is 0 Å². The van der Waals surface area contributed by atoms with Crippen LogP contribution in [-0.4, -0.2) is 23.1 Å². The van der Waals surface area contributed by atoms with E-state index < -0.39 is 0 Å². The first-order valence-corrected chi connectivity index (χ1v) is 9.24. The largest absolute Gasteiger partial charge is 0.300 e. The molecule has 24 heavy (non-hydrogen) atoms. The number of rotatable bonds is 5. The Morgan fingerprint density at radius 3 is 1.04 bits per heavy atom. The molecule has 2 aliphatic rings. The zero-order valence-electron chi connectivity index (χ0n) is 15.3. The molecule has 2 aliphatic carbocycles. The summed E-state index contributed by atoms with van der Waals surface area (Å²) >= 11 is 0. The molecule has 2 fully saturated rings. The van der Waals surface area contributed by atoms with Gasteiger partial charge in [-0.1, -0.05) is 0 Å². The van der Waals surface area contributed by atoms with Crippen LogP contribution in [0.5, 0.6) is 0 Å². The lowest BCUT2D eigenvalue weighted by atomic mass is 9.61. The van der Waals surface area contributed by atoms with Crippen LogP contribution in [0.15, 0.2) is 0 Å². The van der Waals surface area contributed by atoms with Gasteiger partial charge in [-0.15, -0.1) is 0 Å². The van der Waals surface area contributed by atoms with Crippen LogP contribution in [0.3, 0.4) is 0 Å². The highest BCUT2D eigenvalue weighted by Crippen LogP contribution is 2.46. The van der Waals surface area contributed by atoms with Gasteiger partial charge in [-0.3, -0.25) is 19.2 Å². The molecule has 0 saturated heterocycles. The average Bonchev–Trinajstić information content (AvgIpc) is 2.53. The summed E-state index contributed by atoms with van der Waals surface area (Å²) in [4.78, 5) is 47.7. The van der Waals surface area contributed by atoms with Gasteiger partial charge in [-0.2, -0.15) is 0 Å². The van der Waals surface area contributed by atoms with Gasteiger partial charge in [0.15, 0.2) is 0 Å². The zero-order chi connectivity index (χ0) is 18.0. The van der Waals surface area contributed by atoms with Crippen molar-refractivity contribution in [3.05, 3.63) is 0 Å². The highest BCUT2D eigenvalue weighted by molar-refractivity contribution is 5.88. The van der Waals surface area contributed by atoms with Crippen molar-refractivity contribution in [3.63, 3.8) is 0 Å². The number of carbonyl (C=O) groups excluding carboxylic acids is 4. The molecule has 2 rings (SSSR count). The topological polar surface area (TPSA) is 68.3 Å². The van der Waals surface area contributed by atoms with Gasteiger partial charge in [0.05, 0.1) is 0 Å². The van der Waals surface area contributed by atoms with Gasteiger partial charge in [0, 0.05) is 23.7 Å². The lowest BCUT2D eigenvalue weighted by Crippen LogP contribution is -2.40. The summed E-state index contributed by atoms with van der Waals surface area (Å²) in [6, 6.07) is 0. The van der Waals surface area contributed by atoms with E-state index in [4.69, 9.17) is 0 Å². The number of Topliss-reactive ketones (excluding diaryl/α,β-unsaturated/α-hetero) is 4. The molecule has 0 aromatic rings. The summed E-state index contributed by atoms with van der Waals surface area (Å²) in [5.41, 5.74) is 0. The van der Waals surface area contributed by atoms with E-state index in [1.807, 2.05) is 0 Å². The minimum Gasteiger partial charge on any atom is -0.300 e. The average molecular weight is 334 g/mol. The summed E-state index contributed by atoms with van der Waals surface area (Å²) in [6.45, 7) is 6.36. The van der Waals surface area contributed by atoms with Crippen LogP contribution in [0.2, 0.25) is 0 Å². The zero-order valence-corrected chi connectivity index (χ0v) is 15.3. The van der Waals surface area contributed by atoms with Crippen molar-refractivity contribution < 1.29 is 19.2 Å². The van der Waals surface area contributed by atoms with Gasteiger partial charge in [0.25, 0.3) is 0 Å². The van der Waals surface area contributed by atoms with Crippen LogP contribution >= 0.6 is 0 Å². The number of ketones is 4. The normalized spacial score (nSPS) is 36.8. The molecular weight excluding hydrogens is 304 g/mol. The molecule has 0 radical (unpaired) electrons. The van der Waals surface area contributed by atoms with Gasteiger partial charge in [0.1, 0.15) is 23.1 Å². The summed E-state index contributed by atoms with van der Waals surface area (Å²) in [5, 5.41) is 0. The van der Waals surface area contributed by atoms with Crippen LogP contribution in [-0.2, 0) is 19.2 Å². The SMILES string of the molecule is CC(=O)C1CCC(C2CCC(C(C)=O)C(C(C)=O)C2)CC1C(C)=O. The third kappa shape index (κ3) is 4.01. The van der Waals surface area contributed by atoms with Crippen molar-refractivity contribution in [1.29, 1.82) is 0 Å². The Morgan fingerprint density at radius 2 is 0.792 bits per heavy atom. The molecule has 134 valence electrons. The van der Waals surface area contributed by atoms with Crippen LogP contribution in [0.4, 0.5) is 0 Å². The lowest BCUT2D eigenvalue weighted by Gasteiger charge is -2.42. The maximum atomic E-state index is 12.0. The smallest absolute Gasteiger partial charge is 0.133 e. The molecule has 6 atom stereocenters. The Balaban J connectivity index is 2.09. The molecule has 4 nitrogen and oxygen atoms in total. The third-order valence-corrected chi connectivity index (χ3v) is 6.54. The van der Waals surface area contributed by atoms with Crippen LogP contribution in [0, 0.1) is 35.5 Å². The van der Waals surface area contributed by atoms with E-state index in [-0.39, 0.29) is 46.8 Å². The van der Waals surface area contributed by atoms with Crippen LogP contribution < -0.4 is 0 Å². The Kier molecular flexibility index (Phi) is 6.11. The predicted octanol–water partition coefficient (Wildman–Crippen LogP) is 3.41. The molecule has 2 saturated carbocycles. The molecule has 0 N–H and O–H groups in total. The second-order valence-electron chi connectivity index (χ2n) is 8.01. The van der Waals surface area contributed by atoms with E-state index in [1.54, 1.807) is 27.7 Å². The van der Waals surface area contributed by atoms with Gasteiger partial charge < -0.3 is 0 Å². The van der Waals surface area contributed by atoms with E-state index in [0.717, 1.165) is 38.5 Å². The van der Waals surface area contributed by atoms with Crippen LogP contribution in [0.1, 0.15) is 66.2 Å². The Morgan fingerprint density at radius 1 is 0.500 bits per heavy atom. The van der Waals surface area contributed by atoms with Gasteiger partial charge in [-0.25, -0.2) is 0 Å². The van der Waals surface area contributed by atoms with Gasteiger partial charge in [-0.05, 0) is 78.1 Å². The first kappa shape index (κ1) is 19.0. The fourth-order valence-electron chi connectivity index (χ4n) is 5.13. The fourth-order valence-corrected chi connectivity index (χ4v) is 5.13. The Labute approximate surface area is 144 Å². The molecule has 0 spiro atoms. The summed E-state index contributed by atoms with van der Waals surface area (Å²) in [5.74, 6) is 0.664. The highest BCUT2D eigenvalue weighted by atomic mass is 16.1. The van der Waals surface area contributed by atoms with E-state index >= 15 is 0 Å². The fraction of sp³-hybridized carbons (Fsp3) is 0.800. The minimum atomic E-state index is -0.164. The van der Waals surface area contributed by atoms with Crippen molar-refractivity contribution in [2.75, 3.05) is 0 Å². The van der Waals surface area contributed by atoms with Crippen molar-refractivity contribution in [2.24, 2.45) is 35.5 Å². The number of hydrogen-bond acceptors (Lipinski definition) is 4. The Bertz CT molecular complexity index is 488. The van der Waals surface area contributed by atoms with Crippen molar-refractivity contribution >= 4 is 23.1 Å². The summed E-state index contributed by atoms with van der Waals surface area (Å²) < 4.78 is 0. The molecule has 4 heteroatoms. The maximum Gasteiger partial charge on any atom is 0.133 e. The number of carbonyl (C=O) groups is 4. The van der Waals surface area contributed by atoms with E-state index in [1.165, 1.54) is 0 Å². The maximum absolute atomic E-state index is 12.0. The first-order chi connectivity index (χ1) is 11.2. The second kappa shape index (κ2) is 7.71. The third-order valence-electron chi connectivity index (χ3n) is 6.54. The monoisotopic (exact) mass is 334 g/mol. The summed E-state index contributed by atoms with van der Waals surface area (Å²) in [7, 11) is 0. The molecular formula is C20H30O4. The molecule has 0 aromatic carbocycles. The highest BCUT2D eigenvalue weighted by Gasteiger charge is 2.42. The molecule has 0 amide bonds. The molecule has 0 bridgehead atoms. The Hall–Kier alpha value is -1.32.